The molecule has 2 aromatic rings. The van der Waals surface area contributed by atoms with Gasteiger partial charge in [-0.1, -0.05) is 0 Å². The summed E-state index contributed by atoms with van der Waals surface area (Å²) in [5.74, 6) is -0.772. The molecule has 0 saturated heterocycles. The predicted octanol–water partition coefficient (Wildman–Crippen LogP) is 1.31. The van der Waals surface area contributed by atoms with E-state index in [-0.39, 0.29) is 26.7 Å². The Kier molecular flexibility index (Phi) is 3.82. The number of nitrogens with zero attached hydrogens (tertiary/aromatic N) is 1. The number of fused-ring (bicyclic) bond motifs is 1. The van der Waals surface area contributed by atoms with Gasteiger partial charge >= 0.3 is 104 Å². The fourth-order valence-corrected chi connectivity index (χ4v) is 3.86. The Hall–Kier alpha value is -1.32. The molecule has 4 nitrogen and oxygen atoms in total. The maximum atomic E-state index is 12.0. The molecular weight excluding hydrogens is 285 g/mol. The van der Waals surface area contributed by atoms with Crippen molar-refractivity contribution in [1.29, 1.82) is 0 Å². The molecule has 0 aliphatic heterocycles. The third-order valence-corrected chi connectivity index (χ3v) is 4.91. The normalized spacial score (nSPS) is 10.8. The number of carboxylic acids is 1. The van der Waals surface area contributed by atoms with E-state index < -0.39 is 5.97 Å². The Bertz CT molecular complexity index is 585. The molecule has 17 heavy (non-hydrogen) atoms. The molecule has 0 atom stereocenters. The number of aryl methyl sites for hydroxylation is 1. The summed E-state index contributed by atoms with van der Waals surface area (Å²) in [6.45, 7) is 0.667. The van der Waals surface area contributed by atoms with E-state index >= 15 is 0 Å². The summed E-state index contributed by atoms with van der Waals surface area (Å²) in [7, 11) is 0. The van der Waals surface area contributed by atoms with E-state index in [1.807, 2.05) is 27.8 Å². The Morgan fingerprint density at radius 1 is 1.29 bits per heavy atom. The first-order chi connectivity index (χ1) is 8.18. The molecule has 0 amide bonds. The van der Waals surface area contributed by atoms with Gasteiger partial charge in [0, 0.05) is 0 Å². The van der Waals surface area contributed by atoms with Crippen molar-refractivity contribution in [1.82, 2.24) is 3.56 Å². The third kappa shape index (κ3) is 2.87. The summed E-state index contributed by atoms with van der Waals surface area (Å²) in [4.78, 5) is 22.3. The van der Waals surface area contributed by atoms with Crippen LogP contribution in [0.25, 0.3) is 9.65 Å². The topological polar surface area (TPSA) is 59.3 Å². The van der Waals surface area contributed by atoms with E-state index in [1.54, 1.807) is 0 Å². The number of carbonyl (C=O) groups is 1. The molecule has 1 aromatic carbocycles. The fourth-order valence-electron chi connectivity index (χ4n) is 1.70. The van der Waals surface area contributed by atoms with Crippen LogP contribution >= 0.6 is 0 Å². The van der Waals surface area contributed by atoms with Gasteiger partial charge in [-0.3, -0.25) is 0 Å². The first-order valence-electron chi connectivity index (χ1n) is 5.49. The molecule has 0 saturated carbocycles. The van der Waals surface area contributed by atoms with E-state index in [1.165, 1.54) is 0 Å². The van der Waals surface area contributed by atoms with E-state index in [0.29, 0.717) is 13.0 Å². The number of hydrogen-bond donors (Lipinski definition) is 1. The zero-order valence-corrected chi connectivity index (χ0v) is 11.0. The van der Waals surface area contributed by atoms with Crippen LogP contribution < -0.4 is 5.56 Å². The molecular formula is C12H13NO3Se. The molecule has 5 heteroatoms. The van der Waals surface area contributed by atoms with Crippen LogP contribution in [0.1, 0.15) is 19.3 Å². The Balaban J connectivity index is 2.06. The van der Waals surface area contributed by atoms with Crippen molar-refractivity contribution in [2.75, 3.05) is 0 Å². The van der Waals surface area contributed by atoms with Gasteiger partial charge in [-0.25, -0.2) is 0 Å². The first-order valence-corrected chi connectivity index (χ1v) is 7.11. The van der Waals surface area contributed by atoms with Gasteiger partial charge in [0.05, 0.1) is 0 Å². The molecule has 0 unspecified atom stereocenters. The van der Waals surface area contributed by atoms with Crippen LogP contribution in [0.15, 0.2) is 29.1 Å². The van der Waals surface area contributed by atoms with Gasteiger partial charge in [0.25, 0.3) is 0 Å². The molecule has 0 aliphatic carbocycles. The summed E-state index contributed by atoms with van der Waals surface area (Å²) in [6.07, 6.45) is 1.57. The molecule has 0 spiro atoms. The quantitative estimate of drug-likeness (QED) is 0.669. The van der Waals surface area contributed by atoms with Crippen molar-refractivity contribution in [3.63, 3.8) is 0 Å². The van der Waals surface area contributed by atoms with Crippen LogP contribution in [0.5, 0.6) is 0 Å². The number of carboxylic acid groups (broad SMARTS) is 1. The van der Waals surface area contributed by atoms with E-state index in [9.17, 15) is 9.59 Å². The monoisotopic (exact) mass is 299 g/mol. The van der Waals surface area contributed by atoms with Crippen LogP contribution in [0.2, 0.25) is 0 Å². The average molecular weight is 298 g/mol. The van der Waals surface area contributed by atoms with Gasteiger partial charge < -0.3 is 0 Å². The summed E-state index contributed by atoms with van der Waals surface area (Å²) in [6, 6.07) is 7.67. The second-order valence-corrected chi connectivity index (χ2v) is 6.08. The van der Waals surface area contributed by atoms with Gasteiger partial charge in [0.15, 0.2) is 0 Å². The predicted molar refractivity (Wildman–Crippen MR) is 66.6 cm³/mol. The second-order valence-electron chi connectivity index (χ2n) is 3.85. The molecule has 1 aromatic heterocycles. The van der Waals surface area contributed by atoms with Gasteiger partial charge in [0.1, 0.15) is 0 Å². The van der Waals surface area contributed by atoms with Gasteiger partial charge in [-0.2, -0.15) is 0 Å². The number of benzene rings is 1. The SMILES string of the molecule is O=C(O)CCCCn1[se]c2ccccc2c1=O. The average Bonchev–Trinajstić information content (AvgIpc) is 2.63. The minimum atomic E-state index is -0.772. The molecule has 90 valence electrons. The third-order valence-electron chi connectivity index (χ3n) is 2.55. The summed E-state index contributed by atoms with van der Waals surface area (Å²) >= 11 is 0.0664. The van der Waals surface area contributed by atoms with Crippen molar-refractivity contribution < 1.29 is 9.90 Å². The second kappa shape index (κ2) is 5.34. The zero-order chi connectivity index (χ0) is 12.3. The summed E-state index contributed by atoms with van der Waals surface area (Å²) in [5.41, 5.74) is 0.0934. The molecule has 0 bridgehead atoms. The van der Waals surface area contributed by atoms with Crippen LogP contribution in [0.4, 0.5) is 0 Å². The molecule has 1 N–H and O–H groups in total. The van der Waals surface area contributed by atoms with Gasteiger partial charge in [0.2, 0.25) is 0 Å². The maximum absolute atomic E-state index is 12.0. The van der Waals surface area contributed by atoms with Crippen molar-refractivity contribution in [3.8, 4) is 0 Å². The first kappa shape index (κ1) is 12.1. The molecule has 1 heterocycles. The van der Waals surface area contributed by atoms with Crippen LogP contribution in [0.3, 0.4) is 0 Å². The fraction of sp³-hybridized carbons (Fsp3) is 0.333. The number of hydrogen-bond acceptors (Lipinski definition) is 2. The van der Waals surface area contributed by atoms with Crippen molar-refractivity contribution >= 4 is 30.3 Å². The van der Waals surface area contributed by atoms with Gasteiger partial charge in [-0.05, 0) is 0 Å². The van der Waals surface area contributed by atoms with E-state index in [0.717, 1.165) is 16.1 Å². The molecule has 0 aliphatic rings. The molecule has 0 fully saturated rings. The Morgan fingerprint density at radius 3 is 2.76 bits per heavy atom. The summed E-state index contributed by atoms with van der Waals surface area (Å²) < 4.78 is 2.97. The van der Waals surface area contributed by atoms with Crippen molar-refractivity contribution in [3.05, 3.63) is 34.6 Å². The van der Waals surface area contributed by atoms with Crippen LogP contribution in [0, 0.1) is 0 Å². The molecule has 2 rings (SSSR count). The Morgan fingerprint density at radius 2 is 2.06 bits per heavy atom. The number of unbranched alkanes of at least 4 members (excludes halogenated alkanes) is 1. The standard InChI is InChI=1S/C12H13NO3Se/c14-11(15)7-3-4-8-13-12(16)9-5-1-2-6-10(9)17-13/h1-2,5-6H,3-4,7-8H2,(H,14,15). The van der Waals surface area contributed by atoms with Gasteiger partial charge in [-0.15, -0.1) is 0 Å². The number of aromatic nitrogens is 1. The summed E-state index contributed by atoms with van der Waals surface area (Å²) in [5, 5.41) is 9.33. The van der Waals surface area contributed by atoms with Crippen molar-refractivity contribution in [2.45, 2.75) is 25.8 Å². The van der Waals surface area contributed by atoms with E-state index in [4.69, 9.17) is 5.11 Å². The Labute approximate surface area is 104 Å². The minimum absolute atomic E-state index is 0.0664. The molecule has 0 radical (unpaired) electrons. The van der Waals surface area contributed by atoms with Crippen LogP contribution in [-0.2, 0) is 11.3 Å². The van der Waals surface area contributed by atoms with Crippen molar-refractivity contribution in [2.24, 2.45) is 0 Å². The number of aliphatic carboxylic acids is 1. The van der Waals surface area contributed by atoms with Crippen LogP contribution in [-0.4, -0.2) is 29.4 Å². The zero-order valence-electron chi connectivity index (χ0n) is 9.26. The number of rotatable bonds is 5. The van der Waals surface area contributed by atoms with E-state index in [2.05, 4.69) is 0 Å².